The minimum Gasteiger partial charge on any atom is -0.312 e. The van der Waals surface area contributed by atoms with Crippen LogP contribution in [0.15, 0.2) is 10.3 Å². The lowest BCUT2D eigenvalue weighted by Crippen LogP contribution is -2.33. The minimum absolute atomic E-state index is 0.0718. The Labute approximate surface area is 127 Å². The van der Waals surface area contributed by atoms with Gasteiger partial charge in [-0.15, -0.1) is 11.3 Å². The lowest BCUT2D eigenvalue weighted by molar-refractivity contribution is 0.407. The van der Waals surface area contributed by atoms with E-state index in [4.69, 9.17) is 0 Å². The predicted molar refractivity (Wildman–Crippen MR) is 85.7 cm³/mol. The second-order valence-corrected chi connectivity index (χ2v) is 8.90. The Morgan fingerprint density at radius 2 is 1.95 bits per heavy atom. The van der Waals surface area contributed by atoms with Gasteiger partial charge in [-0.1, -0.05) is 27.7 Å². The molecule has 0 aliphatic rings. The van der Waals surface area contributed by atoms with Crippen LogP contribution in [0.5, 0.6) is 0 Å². The molecule has 0 radical (unpaired) electrons. The Kier molecular flexibility index (Phi) is 6.19. The molecule has 1 aromatic rings. The average molecular weight is 319 g/mol. The number of rotatable bonds is 7. The van der Waals surface area contributed by atoms with E-state index in [0.717, 1.165) is 23.4 Å². The van der Waals surface area contributed by atoms with Crippen LogP contribution in [0.4, 0.5) is 0 Å². The molecular formula is C14H26N2O2S2. The third kappa shape index (κ3) is 5.16. The van der Waals surface area contributed by atoms with Crippen molar-refractivity contribution in [3.8, 4) is 0 Å². The highest BCUT2D eigenvalue weighted by Gasteiger charge is 2.24. The summed E-state index contributed by atoms with van der Waals surface area (Å²) in [5, 5.41) is 5.18. The number of nitrogens with one attached hydrogen (secondary N) is 2. The van der Waals surface area contributed by atoms with Crippen molar-refractivity contribution < 1.29 is 8.42 Å². The lowest BCUT2D eigenvalue weighted by atomic mass is 9.98. The topological polar surface area (TPSA) is 58.2 Å². The molecule has 0 bridgehead atoms. The third-order valence-corrected chi connectivity index (χ3v) is 5.63. The third-order valence-electron chi connectivity index (χ3n) is 2.76. The van der Waals surface area contributed by atoms with Crippen LogP contribution >= 0.6 is 11.3 Å². The molecule has 0 aliphatic carbocycles. The van der Waals surface area contributed by atoms with Crippen LogP contribution in [-0.4, -0.2) is 21.5 Å². The highest BCUT2D eigenvalue weighted by Crippen LogP contribution is 2.27. The SMILES string of the molecule is CCCNCc1scc(C)c1S(=O)(=O)NCC(C)(C)C. The quantitative estimate of drug-likeness (QED) is 0.760. The molecule has 1 heterocycles. The number of thiophene rings is 1. The summed E-state index contributed by atoms with van der Waals surface area (Å²) in [4.78, 5) is 1.34. The minimum atomic E-state index is -3.43. The van der Waals surface area contributed by atoms with Crippen molar-refractivity contribution in [1.29, 1.82) is 0 Å². The van der Waals surface area contributed by atoms with E-state index in [0.29, 0.717) is 18.0 Å². The molecule has 4 nitrogen and oxygen atoms in total. The van der Waals surface area contributed by atoms with Crippen LogP contribution in [0.2, 0.25) is 0 Å². The largest absolute Gasteiger partial charge is 0.312 e. The molecule has 0 unspecified atom stereocenters. The first-order valence-electron chi connectivity index (χ1n) is 6.94. The van der Waals surface area contributed by atoms with Crippen molar-refractivity contribution in [3.05, 3.63) is 15.8 Å². The van der Waals surface area contributed by atoms with Crippen LogP contribution in [0, 0.1) is 12.3 Å². The summed E-state index contributed by atoms with van der Waals surface area (Å²) in [7, 11) is -3.43. The van der Waals surface area contributed by atoms with Crippen molar-refractivity contribution in [2.75, 3.05) is 13.1 Å². The van der Waals surface area contributed by atoms with E-state index in [-0.39, 0.29) is 5.41 Å². The van der Waals surface area contributed by atoms with Gasteiger partial charge in [0, 0.05) is 18.0 Å². The van der Waals surface area contributed by atoms with E-state index in [2.05, 4.69) is 17.0 Å². The standard InChI is InChI=1S/C14H26N2O2S2/c1-6-7-15-8-12-13(11(2)9-19-12)20(17,18)16-10-14(3,4)5/h9,15-16H,6-8,10H2,1-5H3. The van der Waals surface area contributed by atoms with E-state index in [1.165, 1.54) is 11.3 Å². The highest BCUT2D eigenvalue weighted by molar-refractivity contribution is 7.89. The Morgan fingerprint density at radius 3 is 2.50 bits per heavy atom. The van der Waals surface area contributed by atoms with Gasteiger partial charge in [0.25, 0.3) is 0 Å². The highest BCUT2D eigenvalue weighted by atomic mass is 32.2. The van der Waals surface area contributed by atoms with Gasteiger partial charge < -0.3 is 5.32 Å². The molecule has 0 amide bonds. The molecule has 1 rings (SSSR count). The molecule has 0 saturated carbocycles. The smallest absolute Gasteiger partial charge is 0.242 e. The van der Waals surface area contributed by atoms with Crippen LogP contribution in [0.25, 0.3) is 0 Å². The van der Waals surface area contributed by atoms with Gasteiger partial charge in [-0.3, -0.25) is 0 Å². The van der Waals surface area contributed by atoms with E-state index in [9.17, 15) is 8.42 Å². The normalized spacial score (nSPS) is 12.8. The zero-order valence-electron chi connectivity index (χ0n) is 13.0. The van der Waals surface area contributed by atoms with Crippen LogP contribution in [0.1, 0.15) is 44.6 Å². The Morgan fingerprint density at radius 1 is 1.30 bits per heavy atom. The van der Waals surface area contributed by atoms with Crippen LogP contribution in [-0.2, 0) is 16.6 Å². The summed E-state index contributed by atoms with van der Waals surface area (Å²) in [6.45, 7) is 11.9. The van der Waals surface area contributed by atoms with E-state index in [1.807, 2.05) is 33.1 Å². The summed E-state index contributed by atoms with van der Waals surface area (Å²) < 4.78 is 27.7. The molecule has 2 N–H and O–H groups in total. The van der Waals surface area contributed by atoms with Crippen molar-refractivity contribution >= 4 is 21.4 Å². The van der Waals surface area contributed by atoms with Gasteiger partial charge in [0.2, 0.25) is 10.0 Å². The van der Waals surface area contributed by atoms with Crippen LogP contribution < -0.4 is 10.0 Å². The number of hydrogen-bond acceptors (Lipinski definition) is 4. The molecule has 0 aromatic carbocycles. The fourth-order valence-electron chi connectivity index (χ4n) is 1.73. The molecule has 0 spiro atoms. The van der Waals surface area contributed by atoms with Gasteiger partial charge in [0.1, 0.15) is 4.90 Å². The number of aryl methyl sites for hydroxylation is 1. The monoisotopic (exact) mass is 318 g/mol. The summed E-state index contributed by atoms with van der Waals surface area (Å²) in [5.41, 5.74) is 0.752. The van der Waals surface area contributed by atoms with Crippen molar-refractivity contribution in [1.82, 2.24) is 10.0 Å². The van der Waals surface area contributed by atoms with Gasteiger partial charge in [0.05, 0.1) is 0 Å². The second kappa shape index (κ2) is 7.02. The Hall–Kier alpha value is -0.430. The zero-order valence-corrected chi connectivity index (χ0v) is 14.7. The molecule has 0 fully saturated rings. The van der Waals surface area contributed by atoms with Gasteiger partial charge >= 0.3 is 0 Å². The fourth-order valence-corrected chi connectivity index (χ4v) is 4.79. The maximum absolute atomic E-state index is 12.5. The first-order valence-corrected chi connectivity index (χ1v) is 9.31. The summed E-state index contributed by atoms with van der Waals surface area (Å²) in [5.74, 6) is 0. The van der Waals surface area contributed by atoms with Crippen molar-refractivity contribution in [2.24, 2.45) is 5.41 Å². The van der Waals surface area contributed by atoms with Crippen LogP contribution in [0.3, 0.4) is 0 Å². The fraction of sp³-hybridized carbons (Fsp3) is 0.714. The van der Waals surface area contributed by atoms with Gasteiger partial charge in [0.15, 0.2) is 0 Å². The van der Waals surface area contributed by atoms with Crippen molar-refractivity contribution in [3.63, 3.8) is 0 Å². The molecule has 0 saturated heterocycles. The van der Waals surface area contributed by atoms with Gasteiger partial charge in [-0.2, -0.15) is 0 Å². The average Bonchev–Trinajstić information content (AvgIpc) is 2.69. The molecule has 6 heteroatoms. The number of hydrogen-bond donors (Lipinski definition) is 2. The van der Waals surface area contributed by atoms with Crippen molar-refractivity contribution in [2.45, 2.75) is 52.5 Å². The maximum Gasteiger partial charge on any atom is 0.242 e. The first kappa shape index (κ1) is 17.6. The van der Waals surface area contributed by atoms with E-state index in [1.54, 1.807) is 0 Å². The molecular weight excluding hydrogens is 292 g/mol. The molecule has 0 aliphatic heterocycles. The lowest BCUT2D eigenvalue weighted by Gasteiger charge is -2.19. The summed E-state index contributed by atoms with van der Waals surface area (Å²) >= 11 is 1.51. The molecule has 0 atom stereocenters. The van der Waals surface area contributed by atoms with Gasteiger partial charge in [-0.25, -0.2) is 13.1 Å². The Balaban J connectivity index is 2.90. The van der Waals surface area contributed by atoms with Gasteiger partial charge in [-0.05, 0) is 36.2 Å². The first-order chi connectivity index (χ1) is 9.17. The molecule has 116 valence electrons. The summed E-state index contributed by atoms with van der Waals surface area (Å²) in [6, 6.07) is 0. The maximum atomic E-state index is 12.5. The molecule has 20 heavy (non-hydrogen) atoms. The molecule has 1 aromatic heterocycles. The van der Waals surface area contributed by atoms with E-state index >= 15 is 0 Å². The zero-order chi connectivity index (χ0) is 15.4. The van der Waals surface area contributed by atoms with E-state index < -0.39 is 10.0 Å². The second-order valence-electron chi connectivity index (χ2n) is 6.23. The predicted octanol–water partition coefficient (Wildman–Crippen LogP) is 2.88. The summed E-state index contributed by atoms with van der Waals surface area (Å²) in [6.07, 6.45) is 1.04. The Bertz CT molecular complexity index is 528. The number of sulfonamides is 1.